The largest absolute Gasteiger partial charge is 0.508 e. The molecular weight excluding hydrogens is 266 g/mol. The van der Waals surface area contributed by atoms with E-state index in [-0.39, 0.29) is 23.7 Å². The molecule has 1 amide bonds. The van der Waals surface area contributed by atoms with Gasteiger partial charge in [-0.1, -0.05) is 31.4 Å². The van der Waals surface area contributed by atoms with Gasteiger partial charge in [0.2, 0.25) is 5.91 Å². The molecule has 2 rings (SSSR count). The van der Waals surface area contributed by atoms with Gasteiger partial charge in [0.15, 0.2) is 0 Å². The Bertz CT molecular complexity index is 487. The van der Waals surface area contributed by atoms with E-state index >= 15 is 0 Å². The lowest BCUT2D eigenvalue weighted by molar-refractivity contribution is -0.117. The van der Waals surface area contributed by atoms with Crippen LogP contribution in [0.15, 0.2) is 30.3 Å². The zero-order valence-corrected chi connectivity index (χ0v) is 12.2. The first-order chi connectivity index (χ1) is 10.1. The first kappa shape index (κ1) is 15.6. The van der Waals surface area contributed by atoms with Gasteiger partial charge in [0.05, 0.1) is 6.61 Å². The van der Waals surface area contributed by atoms with E-state index in [9.17, 15) is 15.0 Å². The smallest absolute Gasteiger partial charge is 0.244 e. The Hall–Kier alpha value is -1.81. The van der Waals surface area contributed by atoms with E-state index < -0.39 is 0 Å². The predicted molar refractivity (Wildman–Crippen MR) is 82.8 cm³/mol. The second-order valence-corrected chi connectivity index (χ2v) is 5.86. The van der Waals surface area contributed by atoms with Crippen LogP contribution in [0.5, 0.6) is 5.75 Å². The van der Waals surface area contributed by atoms with Crippen molar-refractivity contribution >= 4 is 12.0 Å². The summed E-state index contributed by atoms with van der Waals surface area (Å²) in [7, 11) is 0. The number of phenolic OH excluding ortho intramolecular Hbond substituents is 1. The minimum absolute atomic E-state index is 0.134. The van der Waals surface area contributed by atoms with Crippen molar-refractivity contribution in [1.82, 2.24) is 5.32 Å². The van der Waals surface area contributed by atoms with Gasteiger partial charge in [0.1, 0.15) is 5.75 Å². The lowest BCUT2D eigenvalue weighted by atomic mass is 9.74. The monoisotopic (exact) mass is 289 g/mol. The minimum Gasteiger partial charge on any atom is -0.508 e. The maximum absolute atomic E-state index is 11.9. The highest BCUT2D eigenvalue weighted by atomic mass is 16.3. The van der Waals surface area contributed by atoms with Gasteiger partial charge in [-0.2, -0.15) is 0 Å². The van der Waals surface area contributed by atoms with E-state index in [4.69, 9.17) is 0 Å². The predicted octanol–water partition coefficient (Wildman–Crippen LogP) is 2.46. The molecule has 4 nitrogen and oxygen atoms in total. The summed E-state index contributed by atoms with van der Waals surface area (Å²) in [5, 5.41) is 21.7. The highest BCUT2D eigenvalue weighted by Crippen LogP contribution is 2.35. The Morgan fingerprint density at radius 3 is 2.48 bits per heavy atom. The summed E-state index contributed by atoms with van der Waals surface area (Å²) in [6, 6.07) is 6.66. The summed E-state index contributed by atoms with van der Waals surface area (Å²) < 4.78 is 0. The summed E-state index contributed by atoms with van der Waals surface area (Å²) in [5.41, 5.74) is 0.720. The van der Waals surface area contributed by atoms with Crippen molar-refractivity contribution in [3.63, 3.8) is 0 Å². The Morgan fingerprint density at radius 1 is 1.19 bits per heavy atom. The first-order valence-corrected chi connectivity index (χ1v) is 7.49. The molecule has 0 bridgehead atoms. The maximum atomic E-state index is 11.9. The Morgan fingerprint density at radius 2 is 1.86 bits per heavy atom. The summed E-state index contributed by atoms with van der Waals surface area (Å²) in [6.45, 7) is 0.664. The van der Waals surface area contributed by atoms with Gasteiger partial charge in [-0.15, -0.1) is 0 Å². The zero-order chi connectivity index (χ0) is 15.1. The number of aliphatic hydroxyl groups is 1. The van der Waals surface area contributed by atoms with E-state index in [0.29, 0.717) is 6.54 Å². The average Bonchev–Trinajstić information content (AvgIpc) is 2.53. The van der Waals surface area contributed by atoms with Crippen molar-refractivity contribution < 1.29 is 15.0 Å². The highest BCUT2D eigenvalue weighted by molar-refractivity contribution is 5.91. The summed E-state index contributed by atoms with van der Waals surface area (Å²) in [5.74, 6) is 0.0558. The number of nitrogens with one attached hydrogen (secondary N) is 1. The second-order valence-electron chi connectivity index (χ2n) is 5.86. The number of carbonyl (C=O) groups is 1. The number of phenols is 1. The Kier molecular flexibility index (Phi) is 5.39. The van der Waals surface area contributed by atoms with Crippen molar-refractivity contribution in [3.05, 3.63) is 35.9 Å². The van der Waals surface area contributed by atoms with E-state index in [1.807, 2.05) is 0 Å². The van der Waals surface area contributed by atoms with Crippen molar-refractivity contribution in [1.29, 1.82) is 0 Å². The molecule has 0 heterocycles. The molecule has 1 aliphatic rings. The second kappa shape index (κ2) is 7.27. The Labute approximate surface area is 125 Å². The van der Waals surface area contributed by atoms with Crippen LogP contribution in [0.3, 0.4) is 0 Å². The molecule has 0 radical (unpaired) electrons. The van der Waals surface area contributed by atoms with Gasteiger partial charge in [-0.25, -0.2) is 0 Å². The molecule has 0 aromatic heterocycles. The number of aliphatic hydroxyl groups excluding tert-OH is 1. The first-order valence-electron chi connectivity index (χ1n) is 7.49. The average molecular weight is 289 g/mol. The lowest BCUT2D eigenvalue weighted by Crippen LogP contribution is -2.40. The zero-order valence-electron chi connectivity index (χ0n) is 12.2. The fourth-order valence-corrected chi connectivity index (χ4v) is 2.78. The number of carbonyl (C=O) groups excluding carboxylic acids is 1. The molecule has 1 aromatic rings. The van der Waals surface area contributed by atoms with Gasteiger partial charge < -0.3 is 15.5 Å². The number of rotatable bonds is 5. The molecule has 4 heteroatoms. The lowest BCUT2D eigenvalue weighted by Gasteiger charge is -2.35. The Balaban J connectivity index is 1.85. The number of amides is 1. The molecule has 21 heavy (non-hydrogen) atoms. The minimum atomic E-state index is -0.151. The van der Waals surface area contributed by atoms with Crippen molar-refractivity contribution in [2.75, 3.05) is 13.2 Å². The quantitative estimate of drug-likeness (QED) is 0.729. The van der Waals surface area contributed by atoms with Crippen LogP contribution >= 0.6 is 0 Å². The molecular formula is C17H23NO3. The fraction of sp³-hybridized carbons (Fsp3) is 0.471. The molecule has 0 saturated heterocycles. The molecule has 0 aliphatic heterocycles. The number of hydrogen-bond donors (Lipinski definition) is 3. The molecule has 114 valence electrons. The van der Waals surface area contributed by atoms with Gasteiger partial charge in [0, 0.05) is 18.0 Å². The topological polar surface area (TPSA) is 69.6 Å². The van der Waals surface area contributed by atoms with Gasteiger partial charge in [0.25, 0.3) is 0 Å². The van der Waals surface area contributed by atoms with Crippen molar-refractivity contribution in [3.8, 4) is 5.75 Å². The van der Waals surface area contributed by atoms with Crippen molar-refractivity contribution in [2.45, 2.75) is 32.1 Å². The van der Waals surface area contributed by atoms with Crippen LogP contribution in [-0.2, 0) is 4.79 Å². The van der Waals surface area contributed by atoms with Crippen LogP contribution in [0.4, 0.5) is 0 Å². The summed E-state index contributed by atoms with van der Waals surface area (Å²) >= 11 is 0. The number of hydrogen-bond acceptors (Lipinski definition) is 3. The van der Waals surface area contributed by atoms with Gasteiger partial charge in [-0.3, -0.25) is 4.79 Å². The fourth-order valence-electron chi connectivity index (χ4n) is 2.78. The molecule has 1 aliphatic carbocycles. The normalized spacial score (nSPS) is 17.8. The molecule has 0 spiro atoms. The van der Waals surface area contributed by atoms with Crippen LogP contribution in [0.25, 0.3) is 6.08 Å². The van der Waals surface area contributed by atoms with E-state index in [1.54, 1.807) is 30.3 Å². The number of aromatic hydroxyl groups is 1. The summed E-state index contributed by atoms with van der Waals surface area (Å²) in [6.07, 6.45) is 8.62. The highest BCUT2D eigenvalue weighted by Gasteiger charge is 2.31. The van der Waals surface area contributed by atoms with Gasteiger partial charge in [-0.05, 0) is 36.6 Å². The van der Waals surface area contributed by atoms with Crippen molar-refractivity contribution in [2.24, 2.45) is 5.41 Å². The molecule has 1 aromatic carbocycles. The van der Waals surface area contributed by atoms with Crippen LogP contribution in [0, 0.1) is 5.41 Å². The third-order valence-corrected chi connectivity index (χ3v) is 4.21. The van der Waals surface area contributed by atoms with Crippen LogP contribution < -0.4 is 5.32 Å². The van der Waals surface area contributed by atoms with E-state index in [1.165, 1.54) is 12.5 Å². The van der Waals surface area contributed by atoms with Crippen LogP contribution in [0.1, 0.15) is 37.7 Å². The maximum Gasteiger partial charge on any atom is 0.244 e. The molecule has 3 N–H and O–H groups in total. The SMILES string of the molecule is O=C(/C=C/c1ccc(O)cc1)NCC1(CO)CCCCC1. The third-order valence-electron chi connectivity index (χ3n) is 4.21. The molecule has 1 fully saturated rings. The van der Waals surface area contributed by atoms with Crippen LogP contribution in [0.2, 0.25) is 0 Å². The number of benzene rings is 1. The van der Waals surface area contributed by atoms with E-state index in [2.05, 4.69) is 5.32 Å². The van der Waals surface area contributed by atoms with Crippen LogP contribution in [-0.4, -0.2) is 29.3 Å². The molecule has 0 unspecified atom stereocenters. The molecule has 0 atom stereocenters. The van der Waals surface area contributed by atoms with E-state index in [0.717, 1.165) is 31.2 Å². The summed E-state index contributed by atoms with van der Waals surface area (Å²) in [4.78, 5) is 11.9. The van der Waals surface area contributed by atoms with Gasteiger partial charge >= 0.3 is 0 Å². The standard InChI is InChI=1S/C17H23NO3/c19-13-17(10-2-1-3-11-17)12-18-16(21)9-6-14-4-7-15(20)8-5-14/h4-9,19-20H,1-3,10-13H2,(H,18,21)/b9-6+. The third kappa shape index (κ3) is 4.60. The molecule has 1 saturated carbocycles.